The summed E-state index contributed by atoms with van der Waals surface area (Å²) in [6.07, 6.45) is 1.36. The molecule has 1 aliphatic carbocycles. The molecule has 21 heavy (non-hydrogen) atoms. The van der Waals surface area contributed by atoms with Crippen LogP contribution in [0.25, 0.3) is 0 Å². The van der Waals surface area contributed by atoms with Gasteiger partial charge in [-0.3, -0.25) is 20.8 Å². The Bertz CT molecular complexity index is 575. The van der Waals surface area contributed by atoms with Crippen LogP contribution in [0, 0.1) is 15.9 Å². The first kappa shape index (κ1) is 15.1. The Morgan fingerprint density at radius 2 is 2.19 bits per heavy atom. The average Bonchev–Trinajstić information content (AvgIpc) is 2.41. The van der Waals surface area contributed by atoms with Gasteiger partial charge in [0.05, 0.1) is 22.8 Å². The van der Waals surface area contributed by atoms with E-state index in [4.69, 9.17) is 10.6 Å². The van der Waals surface area contributed by atoms with E-state index in [9.17, 15) is 19.3 Å². The smallest absolute Gasteiger partial charge is 0.285 e. The number of hydrazine groups is 1. The normalized spacial score (nSPS) is 20.5. The third-order valence-corrected chi connectivity index (χ3v) is 3.45. The number of nitro groups is 1. The van der Waals surface area contributed by atoms with Crippen LogP contribution in [0.1, 0.15) is 23.2 Å². The third kappa shape index (κ3) is 3.09. The number of methoxy groups -OCH3 is 1. The molecule has 8 nitrogen and oxygen atoms in total. The second-order valence-electron chi connectivity index (χ2n) is 4.75. The Hall–Kier alpha value is -2.26. The minimum atomic E-state index is -0.899. The number of ether oxygens (including phenoxy) is 1. The number of nitrogens with zero attached hydrogens (tertiary/aromatic N) is 1. The van der Waals surface area contributed by atoms with E-state index in [1.165, 1.54) is 0 Å². The molecule has 0 aromatic heterocycles. The molecule has 0 radical (unpaired) electrons. The number of benzene rings is 1. The topological polar surface area (TPSA) is 120 Å². The quantitative estimate of drug-likeness (QED) is 0.422. The highest BCUT2D eigenvalue weighted by Gasteiger charge is 2.32. The van der Waals surface area contributed by atoms with E-state index in [0.29, 0.717) is 18.9 Å². The molecule has 1 saturated carbocycles. The molecule has 0 aliphatic heterocycles. The summed E-state index contributed by atoms with van der Waals surface area (Å²) in [6, 6.07) is 1.58. The molecule has 1 aliphatic rings. The van der Waals surface area contributed by atoms with E-state index >= 15 is 0 Å². The van der Waals surface area contributed by atoms with Crippen molar-refractivity contribution in [2.75, 3.05) is 12.5 Å². The predicted molar refractivity (Wildman–Crippen MR) is 72.1 cm³/mol. The van der Waals surface area contributed by atoms with E-state index in [-0.39, 0.29) is 23.4 Å². The number of carbonyl (C=O) groups excluding carboxylic acids is 1. The lowest BCUT2D eigenvalue weighted by atomic mass is 9.89. The predicted octanol–water partition coefficient (Wildman–Crippen LogP) is 0.927. The summed E-state index contributed by atoms with van der Waals surface area (Å²) in [6.45, 7) is 0. The maximum absolute atomic E-state index is 13.5. The second kappa shape index (κ2) is 6.02. The molecule has 4 N–H and O–H groups in total. The average molecular weight is 298 g/mol. The molecule has 1 aromatic carbocycles. The zero-order chi connectivity index (χ0) is 15.6. The SMILES string of the molecule is COC1CC(NC(=O)c2cc(NN)c(F)cc2[N+](=O)[O-])C1. The number of anilines is 1. The van der Waals surface area contributed by atoms with Gasteiger partial charge in [0.1, 0.15) is 5.56 Å². The molecule has 9 heteroatoms. The number of hydrogen-bond acceptors (Lipinski definition) is 6. The molecule has 0 atom stereocenters. The van der Waals surface area contributed by atoms with Crippen molar-refractivity contribution in [3.63, 3.8) is 0 Å². The van der Waals surface area contributed by atoms with Gasteiger partial charge in [-0.1, -0.05) is 0 Å². The fourth-order valence-electron chi connectivity index (χ4n) is 2.15. The van der Waals surface area contributed by atoms with Crippen LogP contribution in [0.4, 0.5) is 15.8 Å². The van der Waals surface area contributed by atoms with Gasteiger partial charge in [-0.15, -0.1) is 0 Å². The van der Waals surface area contributed by atoms with Crippen molar-refractivity contribution < 1.29 is 18.8 Å². The van der Waals surface area contributed by atoms with Gasteiger partial charge in [0, 0.05) is 13.2 Å². The lowest BCUT2D eigenvalue weighted by Crippen LogP contribution is -2.47. The molecule has 1 amide bonds. The molecule has 0 heterocycles. The monoisotopic (exact) mass is 298 g/mol. The molecule has 0 saturated heterocycles. The Morgan fingerprint density at radius 3 is 2.71 bits per heavy atom. The van der Waals surface area contributed by atoms with Gasteiger partial charge in [-0.2, -0.15) is 0 Å². The molecule has 0 bridgehead atoms. The van der Waals surface area contributed by atoms with Gasteiger partial charge in [0.15, 0.2) is 5.82 Å². The summed E-state index contributed by atoms with van der Waals surface area (Å²) in [5.41, 5.74) is 1.03. The number of nitro benzene ring substituents is 1. The number of nitrogens with two attached hydrogens (primary N) is 1. The first-order valence-electron chi connectivity index (χ1n) is 6.24. The first-order chi connectivity index (χ1) is 9.96. The fourth-order valence-corrected chi connectivity index (χ4v) is 2.15. The van der Waals surface area contributed by atoms with Crippen LogP contribution in [0.15, 0.2) is 12.1 Å². The zero-order valence-corrected chi connectivity index (χ0v) is 11.3. The summed E-state index contributed by atoms with van der Waals surface area (Å²) in [4.78, 5) is 22.2. The highest BCUT2D eigenvalue weighted by Crippen LogP contribution is 2.27. The Balaban J connectivity index is 2.21. The molecule has 1 aromatic rings. The van der Waals surface area contributed by atoms with Crippen molar-refractivity contribution >= 4 is 17.3 Å². The van der Waals surface area contributed by atoms with Crippen LogP contribution in [0.5, 0.6) is 0 Å². The summed E-state index contributed by atoms with van der Waals surface area (Å²) < 4.78 is 18.6. The lowest BCUT2D eigenvalue weighted by molar-refractivity contribution is -0.385. The second-order valence-corrected chi connectivity index (χ2v) is 4.75. The van der Waals surface area contributed by atoms with E-state index in [2.05, 4.69) is 10.7 Å². The highest BCUT2D eigenvalue weighted by atomic mass is 19.1. The van der Waals surface area contributed by atoms with E-state index in [1.54, 1.807) is 7.11 Å². The number of nitrogens with one attached hydrogen (secondary N) is 2. The Labute approximate surface area is 119 Å². The number of rotatable bonds is 5. The van der Waals surface area contributed by atoms with E-state index in [0.717, 1.165) is 6.07 Å². The Kier molecular flexibility index (Phi) is 4.34. The first-order valence-corrected chi connectivity index (χ1v) is 6.24. The summed E-state index contributed by atoms with van der Waals surface area (Å²) in [5.74, 6) is 3.57. The molecule has 2 rings (SSSR count). The maximum atomic E-state index is 13.5. The van der Waals surface area contributed by atoms with Crippen LogP contribution >= 0.6 is 0 Å². The molecule has 0 unspecified atom stereocenters. The van der Waals surface area contributed by atoms with Gasteiger partial charge < -0.3 is 15.5 Å². The standard InChI is InChI=1S/C12H15FN4O4/c1-21-7-2-6(3-7)15-12(18)8-4-10(16-14)9(13)5-11(8)17(19)20/h4-7,16H,2-3,14H2,1H3,(H,15,18). The van der Waals surface area contributed by atoms with Crippen molar-refractivity contribution in [3.05, 3.63) is 33.6 Å². The molecule has 0 spiro atoms. The minimum Gasteiger partial charge on any atom is -0.381 e. The van der Waals surface area contributed by atoms with Gasteiger partial charge in [-0.05, 0) is 18.9 Å². The summed E-state index contributed by atoms with van der Waals surface area (Å²) in [5, 5.41) is 13.6. The zero-order valence-electron chi connectivity index (χ0n) is 11.3. The van der Waals surface area contributed by atoms with Crippen LogP contribution in [-0.4, -0.2) is 30.1 Å². The fraction of sp³-hybridized carbons (Fsp3) is 0.417. The molecular formula is C12H15FN4O4. The lowest BCUT2D eigenvalue weighted by Gasteiger charge is -2.34. The number of halogens is 1. The van der Waals surface area contributed by atoms with Crippen molar-refractivity contribution in [1.29, 1.82) is 0 Å². The van der Waals surface area contributed by atoms with Crippen molar-refractivity contribution in [2.45, 2.75) is 25.0 Å². The third-order valence-electron chi connectivity index (χ3n) is 3.45. The van der Waals surface area contributed by atoms with Crippen molar-refractivity contribution in [3.8, 4) is 0 Å². The van der Waals surface area contributed by atoms with Crippen LogP contribution < -0.4 is 16.6 Å². The van der Waals surface area contributed by atoms with Gasteiger partial charge >= 0.3 is 0 Å². The minimum absolute atomic E-state index is 0.0831. The Morgan fingerprint density at radius 1 is 1.52 bits per heavy atom. The molecule has 114 valence electrons. The highest BCUT2D eigenvalue weighted by molar-refractivity contribution is 5.99. The molecular weight excluding hydrogens is 283 g/mol. The van der Waals surface area contributed by atoms with Crippen molar-refractivity contribution in [2.24, 2.45) is 5.84 Å². The summed E-state index contributed by atoms with van der Waals surface area (Å²) >= 11 is 0. The number of amides is 1. The van der Waals surface area contributed by atoms with Crippen LogP contribution in [0.3, 0.4) is 0 Å². The van der Waals surface area contributed by atoms with Gasteiger partial charge in [-0.25, -0.2) is 4.39 Å². The number of carbonyl (C=O) groups is 1. The van der Waals surface area contributed by atoms with Crippen molar-refractivity contribution in [1.82, 2.24) is 5.32 Å². The van der Waals surface area contributed by atoms with E-state index in [1.807, 2.05) is 0 Å². The van der Waals surface area contributed by atoms with E-state index < -0.39 is 22.3 Å². The van der Waals surface area contributed by atoms with Crippen LogP contribution in [-0.2, 0) is 4.74 Å². The number of hydrogen-bond donors (Lipinski definition) is 3. The van der Waals surface area contributed by atoms with Crippen LogP contribution in [0.2, 0.25) is 0 Å². The largest absolute Gasteiger partial charge is 0.381 e. The maximum Gasteiger partial charge on any atom is 0.285 e. The summed E-state index contributed by atoms with van der Waals surface area (Å²) in [7, 11) is 1.58. The van der Waals surface area contributed by atoms with Gasteiger partial charge in [0.2, 0.25) is 0 Å². The molecule has 1 fully saturated rings. The van der Waals surface area contributed by atoms with Gasteiger partial charge in [0.25, 0.3) is 11.6 Å². The number of nitrogen functional groups attached to an aromatic ring is 1.